The highest BCUT2D eigenvalue weighted by atomic mass is 16.6. The summed E-state index contributed by atoms with van der Waals surface area (Å²) in [7, 11) is 0. The van der Waals surface area contributed by atoms with Gasteiger partial charge in [-0.25, -0.2) is 0 Å². The summed E-state index contributed by atoms with van der Waals surface area (Å²) in [6, 6.07) is 0. The van der Waals surface area contributed by atoms with Crippen LogP contribution in [-0.2, 0) is 28.6 Å². The highest BCUT2D eigenvalue weighted by Crippen LogP contribution is 2.15. The van der Waals surface area contributed by atoms with Crippen LogP contribution in [0.2, 0.25) is 0 Å². The molecular weight excluding hydrogens is 937 g/mol. The summed E-state index contributed by atoms with van der Waals surface area (Å²) in [6.45, 7) is 6.48. The zero-order valence-electron chi connectivity index (χ0n) is 49.5. The zero-order valence-corrected chi connectivity index (χ0v) is 49.5. The van der Waals surface area contributed by atoms with Crippen LogP contribution in [-0.4, -0.2) is 37.2 Å². The Balaban J connectivity index is 4.19. The van der Waals surface area contributed by atoms with E-state index in [1.54, 1.807) is 0 Å². The first-order valence-electron chi connectivity index (χ1n) is 31.5. The third-order valence-corrected chi connectivity index (χ3v) is 13.2. The Morgan fingerprint density at radius 3 is 0.829 bits per heavy atom. The van der Waals surface area contributed by atoms with Crippen LogP contribution in [0.25, 0.3) is 0 Å². The molecule has 1 atom stereocenters. The number of unbranched alkanes of at least 4 members (excludes halogenated alkanes) is 25. The molecule has 0 saturated carbocycles. The standard InChI is InChI=1S/C70H116O6/c1-4-7-10-13-16-19-22-24-25-26-27-28-29-30-31-32-33-34-35-36-37-38-39-40-41-42-43-44-45-47-48-51-54-57-60-63-69(72)75-66-67(65-74-68(71)62-59-56-53-50-21-18-15-12-9-6-3)76-70(73)64-61-58-55-52-49-46-23-20-17-14-11-8-5-2/h7,10,16,19-20,23-25,27-28,30-31,33-34,36-37,39-40,42-43,67H,4-6,8-9,11-15,17-18,21-22,26,29,32,35,38,41,44-66H2,1-3H3/b10-7-,19-16-,23-20-,25-24-,28-27-,31-30-,34-33-,37-36-,40-39-,43-42-. The van der Waals surface area contributed by atoms with Crippen LogP contribution >= 0.6 is 0 Å². The van der Waals surface area contributed by atoms with Crippen LogP contribution in [0.15, 0.2) is 122 Å². The molecule has 1 unspecified atom stereocenters. The number of rotatable bonds is 56. The minimum Gasteiger partial charge on any atom is -0.462 e. The maximum absolute atomic E-state index is 12.8. The number of carbonyl (C=O) groups excluding carboxylic acids is 3. The Morgan fingerprint density at radius 2 is 0.513 bits per heavy atom. The second kappa shape index (κ2) is 63.3. The molecule has 0 aliphatic rings. The van der Waals surface area contributed by atoms with E-state index in [1.165, 1.54) is 109 Å². The molecular formula is C70H116O6. The zero-order chi connectivity index (χ0) is 55.0. The van der Waals surface area contributed by atoms with Crippen molar-refractivity contribution in [2.75, 3.05) is 13.2 Å². The predicted octanol–water partition coefficient (Wildman–Crippen LogP) is 21.6. The Morgan fingerprint density at radius 1 is 0.276 bits per heavy atom. The normalized spacial score (nSPS) is 12.9. The van der Waals surface area contributed by atoms with Gasteiger partial charge >= 0.3 is 17.9 Å². The number of carbonyl (C=O) groups is 3. The average molecular weight is 1050 g/mol. The van der Waals surface area contributed by atoms with E-state index in [0.29, 0.717) is 19.3 Å². The van der Waals surface area contributed by atoms with Crippen molar-refractivity contribution in [1.29, 1.82) is 0 Å². The van der Waals surface area contributed by atoms with Gasteiger partial charge in [0.15, 0.2) is 6.10 Å². The van der Waals surface area contributed by atoms with Crippen LogP contribution in [0.5, 0.6) is 0 Å². The summed E-state index contributed by atoms with van der Waals surface area (Å²) in [5, 5.41) is 0. The molecule has 0 rings (SSSR count). The largest absolute Gasteiger partial charge is 0.462 e. The van der Waals surface area contributed by atoms with E-state index >= 15 is 0 Å². The van der Waals surface area contributed by atoms with Gasteiger partial charge in [0, 0.05) is 19.3 Å². The number of allylic oxidation sites excluding steroid dienone is 20. The number of hydrogen-bond donors (Lipinski definition) is 0. The minimum atomic E-state index is -0.786. The number of ether oxygens (including phenoxy) is 3. The molecule has 6 nitrogen and oxygen atoms in total. The molecule has 0 aliphatic carbocycles. The van der Waals surface area contributed by atoms with Gasteiger partial charge in [-0.2, -0.15) is 0 Å². The fourth-order valence-electron chi connectivity index (χ4n) is 8.49. The lowest BCUT2D eigenvalue weighted by atomic mass is 10.1. The Bertz CT molecular complexity index is 1590. The van der Waals surface area contributed by atoms with Crippen LogP contribution in [0.1, 0.15) is 284 Å². The Hall–Kier alpha value is -4.19. The minimum absolute atomic E-state index is 0.0836. The van der Waals surface area contributed by atoms with Crippen molar-refractivity contribution in [3.05, 3.63) is 122 Å². The van der Waals surface area contributed by atoms with Crippen molar-refractivity contribution in [2.24, 2.45) is 0 Å². The third kappa shape index (κ3) is 60.7. The smallest absolute Gasteiger partial charge is 0.306 e. The topological polar surface area (TPSA) is 78.9 Å². The van der Waals surface area contributed by atoms with E-state index in [9.17, 15) is 14.4 Å². The Labute approximate surface area is 469 Å². The second-order valence-corrected chi connectivity index (χ2v) is 20.6. The highest BCUT2D eigenvalue weighted by Gasteiger charge is 2.19. The summed E-state index contributed by atoms with van der Waals surface area (Å²) < 4.78 is 16.8. The third-order valence-electron chi connectivity index (χ3n) is 13.2. The molecule has 0 aromatic heterocycles. The maximum Gasteiger partial charge on any atom is 0.306 e. The molecule has 0 heterocycles. The molecule has 0 aromatic carbocycles. The molecule has 0 radical (unpaired) electrons. The summed E-state index contributed by atoms with van der Waals surface area (Å²) in [5.41, 5.74) is 0. The van der Waals surface area contributed by atoms with Gasteiger partial charge in [0.25, 0.3) is 0 Å². The van der Waals surface area contributed by atoms with Gasteiger partial charge in [0.2, 0.25) is 0 Å². The van der Waals surface area contributed by atoms with Crippen molar-refractivity contribution < 1.29 is 28.6 Å². The quantitative estimate of drug-likeness (QED) is 0.0261. The van der Waals surface area contributed by atoms with Crippen LogP contribution < -0.4 is 0 Å². The molecule has 0 N–H and O–H groups in total. The van der Waals surface area contributed by atoms with Gasteiger partial charge in [0.05, 0.1) is 0 Å². The lowest BCUT2D eigenvalue weighted by Gasteiger charge is -2.18. The molecule has 76 heavy (non-hydrogen) atoms. The van der Waals surface area contributed by atoms with E-state index in [0.717, 1.165) is 135 Å². The Kier molecular flexibility index (Phi) is 59.9. The number of hydrogen-bond acceptors (Lipinski definition) is 6. The predicted molar refractivity (Wildman–Crippen MR) is 330 cm³/mol. The SMILES string of the molecule is CC/C=C\C/C=C\C/C=C\C/C=C\C/C=C\C/C=C\C/C=C\C/C=C\C/C=C\CCCCCCCCCC(=O)OCC(COC(=O)CCCCCCCCCCCC)OC(=O)CCCCCCC/C=C\CCCCCC. The monoisotopic (exact) mass is 1050 g/mol. The van der Waals surface area contributed by atoms with E-state index in [-0.39, 0.29) is 31.1 Å². The van der Waals surface area contributed by atoms with E-state index < -0.39 is 6.10 Å². The van der Waals surface area contributed by atoms with Gasteiger partial charge < -0.3 is 14.2 Å². The molecule has 0 fully saturated rings. The van der Waals surface area contributed by atoms with E-state index in [2.05, 4.69) is 142 Å². The average Bonchev–Trinajstić information content (AvgIpc) is 3.42. The molecule has 0 bridgehead atoms. The van der Waals surface area contributed by atoms with Crippen molar-refractivity contribution in [3.8, 4) is 0 Å². The molecule has 0 saturated heterocycles. The first kappa shape index (κ1) is 71.8. The number of esters is 3. The van der Waals surface area contributed by atoms with Crippen molar-refractivity contribution in [2.45, 2.75) is 290 Å². The summed E-state index contributed by atoms with van der Waals surface area (Å²) in [5.74, 6) is -0.904. The lowest BCUT2D eigenvalue weighted by molar-refractivity contribution is -0.167. The summed E-state index contributed by atoms with van der Waals surface area (Å²) in [4.78, 5) is 38.1. The first-order valence-corrected chi connectivity index (χ1v) is 31.5. The molecule has 432 valence electrons. The van der Waals surface area contributed by atoms with Gasteiger partial charge in [-0.05, 0) is 116 Å². The van der Waals surface area contributed by atoms with E-state index in [1.807, 2.05) is 0 Å². The molecule has 0 aromatic rings. The fraction of sp³-hybridized carbons (Fsp3) is 0.671. The molecule has 0 amide bonds. The lowest BCUT2D eigenvalue weighted by Crippen LogP contribution is -2.30. The maximum atomic E-state index is 12.8. The van der Waals surface area contributed by atoms with Crippen LogP contribution in [0.4, 0.5) is 0 Å². The molecule has 0 aliphatic heterocycles. The fourth-order valence-corrected chi connectivity index (χ4v) is 8.49. The van der Waals surface area contributed by atoms with Crippen LogP contribution in [0, 0.1) is 0 Å². The van der Waals surface area contributed by atoms with Crippen molar-refractivity contribution >= 4 is 17.9 Å². The molecule has 0 spiro atoms. The van der Waals surface area contributed by atoms with Gasteiger partial charge in [0.1, 0.15) is 13.2 Å². The molecule has 6 heteroatoms. The van der Waals surface area contributed by atoms with Gasteiger partial charge in [-0.1, -0.05) is 271 Å². The first-order chi connectivity index (χ1) is 37.5. The van der Waals surface area contributed by atoms with Crippen molar-refractivity contribution in [1.82, 2.24) is 0 Å². The van der Waals surface area contributed by atoms with Gasteiger partial charge in [-0.3, -0.25) is 14.4 Å². The summed E-state index contributed by atoms with van der Waals surface area (Å²) >= 11 is 0. The van der Waals surface area contributed by atoms with E-state index in [4.69, 9.17) is 14.2 Å². The van der Waals surface area contributed by atoms with Crippen LogP contribution in [0.3, 0.4) is 0 Å². The van der Waals surface area contributed by atoms with Crippen molar-refractivity contribution in [3.63, 3.8) is 0 Å². The second-order valence-electron chi connectivity index (χ2n) is 20.6. The summed E-state index contributed by atoms with van der Waals surface area (Å²) in [6.07, 6.45) is 87.8. The van der Waals surface area contributed by atoms with Gasteiger partial charge in [-0.15, -0.1) is 0 Å². The highest BCUT2D eigenvalue weighted by molar-refractivity contribution is 5.71.